The van der Waals surface area contributed by atoms with E-state index in [1.165, 1.54) is 49.7 Å². The molecule has 0 bridgehead atoms. The molecule has 5 nitrogen and oxygen atoms in total. The Morgan fingerprint density at radius 2 is 1.16 bits per heavy atom. The van der Waals surface area contributed by atoms with Gasteiger partial charge in [-0.15, -0.1) is 10.2 Å². The monoisotopic (exact) mass is 498 g/mol. The maximum absolute atomic E-state index is 5.95. The van der Waals surface area contributed by atoms with E-state index in [4.69, 9.17) is 13.9 Å². The van der Waals surface area contributed by atoms with Crippen molar-refractivity contribution in [3.8, 4) is 34.4 Å². The second-order valence-corrected chi connectivity index (χ2v) is 9.60. The maximum Gasteiger partial charge on any atom is 0.248 e. The fraction of sp³-hybridized carbons (Fsp3) is 0.375. The van der Waals surface area contributed by atoms with Crippen LogP contribution in [0.5, 0.6) is 11.5 Å². The first kappa shape index (κ1) is 26.5. The van der Waals surface area contributed by atoms with Crippen LogP contribution < -0.4 is 9.47 Å². The molecule has 0 amide bonds. The van der Waals surface area contributed by atoms with Crippen LogP contribution in [0.3, 0.4) is 0 Å². The van der Waals surface area contributed by atoms with Gasteiger partial charge in [0.25, 0.3) is 0 Å². The molecular formula is C32H38N2O3. The molecular weight excluding hydrogens is 460 g/mol. The molecule has 4 aromatic rings. The molecule has 1 heterocycles. The van der Waals surface area contributed by atoms with Crippen LogP contribution in [0, 0.1) is 13.8 Å². The predicted octanol–water partition coefficient (Wildman–Crippen LogP) is 8.60. The van der Waals surface area contributed by atoms with Crippen molar-refractivity contribution in [3.05, 3.63) is 83.9 Å². The molecule has 0 atom stereocenters. The zero-order valence-corrected chi connectivity index (χ0v) is 22.1. The van der Waals surface area contributed by atoms with Gasteiger partial charge in [-0.05, 0) is 80.3 Å². The van der Waals surface area contributed by atoms with Gasteiger partial charge in [0.2, 0.25) is 11.8 Å². The quantitative estimate of drug-likeness (QED) is 0.154. The van der Waals surface area contributed by atoms with Crippen molar-refractivity contribution in [2.24, 2.45) is 0 Å². The maximum atomic E-state index is 5.95. The van der Waals surface area contributed by atoms with Crippen molar-refractivity contribution < 1.29 is 13.9 Å². The average Bonchev–Trinajstić information content (AvgIpc) is 3.42. The summed E-state index contributed by atoms with van der Waals surface area (Å²) in [5.41, 5.74) is 4.27. The number of aryl methyl sites for hydroxylation is 2. The number of rotatable bonds is 15. The van der Waals surface area contributed by atoms with Gasteiger partial charge in [-0.1, -0.05) is 68.9 Å². The predicted molar refractivity (Wildman–Crippen MR) is 149 cm³/mol. The van der Waals surface area contributed by atoms with E-state index in [1.54, 1.807) is 0 Å². The number of hydrogen-bond donors (Lipinski definition) is 0. The van der Waals surface area contributed by atoms with Crippen molar-refractivity contribution in [1.29, 1.82) is 0 Å². The van der Waals surface area contributed by atoms with Crippen LogP contribution in [-0.4, -0.2) is 23.4 Å². The summed E-state index contributed by atoms with van der Waals surface area (Å²) in [5, 5.41) is 8.34. The van der Waals surface area contributed by atoms with Crippen molar-refractivity contribution >= 4 is 0 Å². The van der Waals surface area contributed by atoms with Crippen LogP contribution in [-0.2, 0) is 0 Å². The molecule has 0 radical (unpaired) electrons. The summed E-state index contributed by atoms with van der Waals surface area (Å²) in [6.07, 6.45) is 9.79. The van der Waals surface area contributed by atoms with Gasteiger partial charge in [0.15, 0.2) is 0 Å². The van der Waals surface area contributed by atoms with E-state index < -0.39 is 0 Å². The number of unbranched alkanes of at least 4 members (excludes halogenated alkanes) is 7. The van der Waals surface area contributed by atoms with Crippen molar-refractivity contribution in [2.75, 3.05) is 13.2 Å². The smallest absolute Gasteiger partial charge is 0.248 e. The Bertz CT molecular complexity index is 1200. The molecule has 0 aliphatic carbocycles. The van der Waals surface area contributed by atoms with Gasteiger partial charge in [-0.2, -0.15) is 0 Å². The lowest BCUT2D eigenvalue weighted by atomic mass is 10.1. The zero-order chi connectivity index (χ0) is 25.7. The molecule has 0 fully saturated rings. The third kappa shape index (κ3) is 8.49. The first-order valence-corrected chi connectivity index (χ1v) is 13.5. The largest absolute Gasteiger partial charge is 0.494 e. The topological polar surface area (TPSA) is 57.4 Å². The minimum absolute atomic E-state index is 0.513. The molecule has 0 unspecified atom stereocenters. The van der Waals surface area contributed by atoms with E-state index in [0.717, 1.165) is 48.7 Å². The number of hydrogen-bond acceptors (Lipinski definition) is 5. The standard InChI is InChI=1S/C32H38N2O3/c1-25-16-17-26(2)30(24-25)36-23-13-8-6-4-3-5-7-12-22-35-29-20-18-28(19-21-29)32-34-33-31(37-32)27-14-10-9-11-15-27/h9-11,14-21,24H,3-8,12-13,22-23H2,1-2H3. The van der Waals surface area contributed by atoms with E-state index in [1.807, 2.05) is 54.6 Å². The zero-order valence-electron chi connectivity index (χ0n) is 22.1. The SMILES string of the molecule is Cc1ccc(C)c(OCCCCCCCCCCOc2ccc(-c3nnc(-c4ccccc4)o3)cc2)c1. The Labute approximate surface area is 220 Å². The molecule has 0 saturated carbocycles. The third-order valence-corrected chi connectivity index (χ3v) is 6.46. The van der Waals surface area contributed by atoms with Crippen LogP contribution in [0.2, 0.25) is 0 Å². The lowest BCUT2D eigenvalue weighted by Gasteiger charge is -2.10. The number of ether oxygens (including phenoxy) is 2. The summed E-state index contributed by atoms with van der Waals surface area (Å²) in [6.45, 7) is 5.77. The highest BCUT2D eigenvalue weighted by molar-refractivity contribution is 5.58. The highest BCUT2D eigenvalue weighted by Crippen LogP contribution is 2.25. The highest BCUT2D eigenvalue weighted by atomic mass is 16.5. The van der Waals surface area contributed by atoms with Gasteiger partial charge in [0.05, 0.1) is 13.2 Å². The molecule has 1 aromatic heterocycles. The van der Waals surface area contributed by atoms with Crippen LogP contribution in [0.25, 0.3) is 22.9 Å². The molecule has 0 aliphatic rings. The van der Waals surface area contributed by atoms with E-state index in [0.29, 0.717) is 11.8 Å². The fourth-order valence-electron chi connectivity index (χ4n) is 4.23. The van der Waals surface area contributed by atoms with Crippen LogP contribution >= 0.6 is 0 Å². The summed E-state index contributed by atoms with van der Waals surface area (Å²) < 4.78 is 17.7. The molecule has 0 saturated heterocycles. The van der Waals surface area contributed by atoms with E-state index >= 15 is 0 Å². The summed E-state index contributed by atoms with van der Waals surface area (Å²) in [6, 6.07) is 24.0. The number of aromatic nitrogens is 2. The van der Waals surface area contributed by atoms with Crippen LogP contribution in [0.4, 0.5) is 0 Å². The van der Waals surface area contributed by atoms with Crippen LogP contribution in [0.15, 0.2) is 77.2 Å². The normalized spacial score (nSPS) is 11.0. The van der Waals surface area contributed by atoms with Crippen LogP contribution in [0.1, 0.15) is 62.5 Å². The highest BCUT2D eigenvalue weighted by Gasteiger charge is 2.10. The second kappa shape index (κ2) is 14.2. The fourth-order valence-corrected chi connectivity index (χ4v) is 4.23. The molecule has 3 aromatic carbocycles. The molecule has 0 aliphatic heterocycles. The van der Waals surface area contributed by atoms with Crippen molar-refractivity contribution in [2.45, 2.75) is 65.2 Å². The van der Waals surface area contributed by atoms with Gasteiger partial charge in [-0.3, -0.25) is 0 Å². The Morgan fingerprint density at radius 1 is 0.595 bits per heavy atom. The van der Waals surface area contributed by atoms with E-state index in [-0.39, 0.29) is 0 Å². The third-order valence-electron chi connectivity index (χ3n) is 6.46. The summed E-state index contributed by atoms with van der Waals surface area (Å²) in [4.78, 5) is 0. The molecule has 5 heteroatoms. The first-order chi connectivity index (χ1) is 18.2. The summed E-state index contributed by atoms with van der Waals surface area (Å²) in [5.74, 6) is 2.94. The Balaban J connectivity index is 1.02. The lowest BCUT2D eigenvalue weighted by Crippen LogP contribution is -1.99. The molecule has 0 spiro atoms. The molecule has 4 rings (SSSR count). The van der Waals surface area contributed by atoms with Gasteiger partial charge < -0.3 is 13.9 Å². The Hall–Kier alpha value is -3.60. The second-order valence-electron chi connectivity index (χ2n) is 9.60. The first-order valence-electron chi connectivity index (χ1n) is 13.5. The lowest BCUT2D eigenvalue weighted by molar-refractivity contribution is 0.300. The number of benzene rings is 3. The Morgan fingerprint density at radius 3 is 1.81 bits per heavy atom. The summed E-state index contributed by atoms with van der Waals surface area (Å²) >= 11 is 0. The minimum atomic E-state index is 0.513. The average molecular weight is 499 g/mol. The molecule has 0 N–H and O–H groups in total. The van der Waals surface area contributed by atoms with Gasteiger partial charge in [0.1, 0.15) is 11.5 Å². The minimum Gasteiger partial charge on any atom is -0.494 e. The molecule has 37 heavy (non-hydrogen) atoms. The van der Waals surface area contributed by atoms with Crippen molar-refractivity contribution in [1.82, 2.24) is 10.2 Å². The molecule has 194 valence electrons. The van der Waals surface area contributed by atoms with Gasteiger partial charge >= 0.3 is 0 Å². The van der Waals surface area contributed by atoms with Gasteiger partial charge in [0, 0.05) is 11.1 Å². The van der Waals surface area contributed by atoms with E-state index in [2.05, 4.69) is 42.2 Å². The van der Waals surface area contributed by atoms with E-state index in [9.17, 15) is 0 Å². The van der Waals surface area contributed by atoms with Gasteiger partial charge in [-0.25, -0.2) is 0 Å². The number of nitrogens with zero attached hydrogens (tertiary/aromatic N) is 2. The summed E-state index contributed by atoms with van der Waals surface area (Å²) in [7, 11) is 0. The Kier molecular flexibility index (Phi) is 10.2. The van der Waals surface area contributed by atoms with Crippen molar-refractivity contribution in [3.63, 3.8) is 0 Å².